The molecule has 1 aliphatic rings. The molecule has 0 spiro atoms. The summed E-state index contributed by atoms with van der Waals surface area (Å²) in [4.78, 5) is 11.2. The number of nitrogens with zero attached hydrogens (tertiary/aromatic N) is 1. The van der Waals surface area contributed by atoms with Crippen LogP contribution in [0, 0.1) is 0 Å². The van der Waals surface area contributed by atoms with Crippen LogP contribution in [0.5, 0.6) is 0 Å². The van der Waals surface area contributed by atoms with E-state index in [1.807, 2.05) is 0 Å². The molecule has 18 heavy (non-hydrogen) atoms. The Labute approximate surface area is 119 Å². The largest absolute Gasteiger partial charge is 0.300 e. The van der Waals surface area contributed by atoms with Gasteiger partial charge in [-0.15, -0.1) is 11.3 Å². The third-order valence-electron chi connectivity index (χ3n) is 2.97. The topological polar surface area (TPSA) is 54.5 Å². The van der Waals surface area contributed by atoms with Gasteiger partial charge in [-0.1, -0.05) is 0 Å². The highest BCUT2D eigenvalue weighted by Crippen LogP contribution is 2.34. The predicted molar refractivity (Wildman–Crippen MR) is 74.2 cm³/mol. The second-order valence-electron chi connectivity index (χ2n) is 4.37. The number of hydrogen-bond donors (Lipinski definition) is 0. The van der Waals surface area contributed by atoms with Gasteiger partial charge in [0.25, 0.3) is 10.0 Å². The maximum atomic E-state index is 12.5. The Hall–Kier alpha value is -0.240. The summed E-state index contributed by atoms with van der Waals surface area (Å²) in [5, 5.41) is 1.74. The number of carbonyl (C=O) groups is 1. The van der Waals surface area contributed by atoms with E-state index in [1.54, 1.807) is 11.4 Å². The highest BCUT2D eigenvalue weighted by atomic mass is 79.9. The molecule has 2 rings (SSSR count). The van der Waals surface area contributed by atoms with Crippen LogP contribution in [0.1, 0.15) is 26.2 Å². The summed E-state index contributed by atoms with van der Waals surface area (Å²) in [6.07, 6.45) is 1.89. The molecule has 4 nitrogen and oxygen atoms in total. The van der Waals surface area contributed by atoms with Crippen molar-refractivity contribution in [1.29, 1.82) is 0 Å². The monoisotopic (exact) mass is 351 g/mol. The molecule has 7 heteroatoms. The first-order valence-electron chi connectivity index (χ1n) is 5.67. The minimum absolute atomic E-state index is 0.0346. The molecule has 1 aromatic heterocycles. The van der Waals surface area contributed by atoms with Crippen LogP contribution >= 0.6 is 27.3 Å². The fraction of sp³-hybridized carbons (Fsp3) is 0.545. The first kappa shape index (κ1) is 14.2. The average molecular weight is 352 g/mol. The second-order valence-corrected chi connectivity index (χ2v) is 8.23. The summed E-state index contributed by atoms with van der Waals surface area (Å²) in [6.45, 7) is 2.01. The Morgan fingerprint density at radius 3 is 2.89 bits per heavy atom. The van der Waals surface area contributed by atoms with Gasteiger partial charge in [-0.25, -0.2) is 8.42 Å². The smallest absolute Gasteiger partial charge is 0.253 e. The molecule has 0 saturated carbocycles. The van der Waals surface area contributed by atoms with Gasteiger partial charge in [0.1, 0.15) is 9.99 Å². The highest BCUT2D eigenvalue weighted by Gasteiger charge is 2.37. The van der Waals surface area contributed by atoms with Gasteiger partial charge in [0, 0.05) is 23.5 Å². The molecule has 1 aliphatic heterocycles. The number of ketones is 1. The molecular formula is C11H14BrNO3S2. The Morgan fingerprint density at radius 2 is 2.33 bits per heavy atom. The van der Waals surface area contributed by atoms with Crippen molar-refractivity contribution in [3.8, 4) is 0 Å². The molecule has 2 heterocycles. The third kappa shape index (κ3) is 2.68. The van der Waals surface area contributed by atoms with Gasteiger partial charge in [0.05, 0.1) is 0 Å². The minimum Gasteiger partial charge on any atom is -0.300 e. The normalized spacial score (nSPS) is 21.3. The summed E-state index contributed by atoms with van der Waals surface area (Å²) in [7, 11) is -3.47. The summed E-state index contributed by atoms with van der Waals surface area (Å²) < 4.78 is 27.4. The zero-order chi connectivity index (χ0) is 13.3. The van der Waals surface area contributed by atoms with E-state index in [2.05, 4.69) is 15.9 Å². The number of sulfonamides is 1. The quantitative estimate of drug-likeness (QED) is 0.837. The van der Waals surface area contributed by atoms with Crippen molar-refractivity contribution in [3.63, 3.8) is 0 Å². The van der Waals surface area contributed by atoms with Crippen molar-refractivity contribution in [3.05, 3.63) is 15.9 Å². The van der Waals surface area contributed by atoms with E-state index in [1.165, 1.54) is 22.6 Å². The molecule has 1 saturated heterocycles. The molecule has 0 radical (unpaired) electrons. The molecule has 0 aliphatic carbocycles. The van der Waals surface area contributed by atoms with E-state index in [-0.39, 0.29) is 11.8 Å². The van der Waals surface area contributed by atoms with Crippen molar-refractivity contribution in [2.75, 3.05) is 6.54 Å². The number of rotatable bonds is 4. The van der Waals surface area contributed by atoms with Crippen LogP contribution in [0.4, 0.5) is 0 Å². The maximum Gasteiger partial charge on any atom is 0.253 e. The second kappa shape index (κ2) is 5.40. The number of halogens is 1. The van der Waals surface area contributed by atoms with E-state index < -0.39 is 10.0 Å². The molecule has 100 valence electrons. The predicted octanol–water partition coefficient (Wildman–Crippen LogP) is 2.64. The first-order chi connectivity index (χ1) is 8.43. The summed E-state index contributed by atoms with van der Waals surface area (Å²) in [5.74, 6) is 0.0346. The van der Waals surface area contributed by atoms with E-state index in [0.717, 1.165) is 12.8 Å². The number of carbonyl (C=O) groups excluding carboxylic acids is 1. The third-order valence-corrected chi connectivity index (χ3v) is 7.57. The van der Waals surface area contributed by atoms with Crippen LogP contribution in [0.15, 0.2) is 20.1 Å². The van der Waals surface area contributed by atoms with Gasteiger partial charge >= 0.3 is 0 Å². The molecule has 1 aromatic rings. The fourth-order valence-corrected chi connectivity index (χ4v) is 6.35. The lowest BCUT2D eigenvalue weighted by atomic mass is 10.1. The zero-order valence-corrected chi connectivity index (χ0v) is 13.1. The van der Waals surface area contributed by atoms with Crippen molar-refractivity contribution >= 4 is 43.1 Å². The van der Waals surface area contributed by atoms with Crippen molar-refractivity contribution < 1.29 is 13.2 Å². The van der Waals surface area contributed by atoms with E-state index >= 15 is 0 Å². The Kier molecular flexibility index (Phi) is 4.25. The van der Waals surface area contributed by atoms with E-state index in [9.17, 15) is 13.2 Å². The standard InChI is InChI=1S/C11H14BrNO3S2/c1-8(14)7-9-3-2-5-13(9)18(15,16)11-10(12)4-6-17-11/h4,6,9H,2-3,5,7H2,1H3. The van der Waals surface area contributed by atoms with Gasteiger partial charge in [-0.05, 0) is 47.1 Å². The number of hydrogen-bond acceptors (Lipinski definition) is 4. The van der Waals surface area contributed by atoms with Gasteiger partial charge in [0.15, 0.2) is 0 Å². The van der Waals surface area contributed by atoms with Crippen LogP contribution in [0.3, 0.4) is 0 Å². The summed E-state index contributed by atoms with van der Waals surface area (Å²) in [5.41, 5.74) is 0. The molecule has 1 fully saturated rings. The van der Waals surface area contributed by atoms with Gasteiger partial charge in [-0.2, -0.15) is 4.31 Å². The Balaban J connectivity index is 2.30. The van der Waals surface area contributed by atoms with E-state index in [4.69, 9.17) is 0 Å². The minimum atomic E-state index is -3.47. The molecule has 1 atom stereocenters. The van der Waals surface area contributed by atoms with Crippen LogP contribution in [0.2, 0.25) is 0 Å². The number of Topliss-reactive ketones (excluding diaryl/α,β-unsaturated/α-hetero) is 1. The molecule has 0 amide bonds. The zero-order valence-electron chi connectivity index (χ0n) is 9.93. The van der Waals surface area contributed by atoms with Crippen molar-refractivity contribution in [2.24, 2.45) is 0 Å². The average Bonchev–Trinajstić information content (AvgIpc) is 2.86. The lowest BCUT2D eigenvalue weighted by Crippen LogP contribution is -2.36. The highest BCUT2D eigenvalue weighted by molar-refractivity contribution is 9.10. The Bertz CT molecular complexity index is 552. The maximum absolute atomic E-state index is 12.5. The molecule has 1 unspecified atom stereocenters. The van der Waals surface area contributed by atoms with Crippen LogP contribution in [-0.2, 0) is 14.8 Å². The SMILES string of the molecule is CC(=O)CC1CCCN1S(=O)(=O)c1sccc1Br. The lowest BCUT2D eigenvalue weighted by Gasteiger charge is -2.22. The van der Waals surface area contributed by atoms with Crippen LogP contribution < -0.4 is 0 Å². The summed E-state index contributed by atoms with van der Waals surface area (Å²) >= 11 is 4.46. The fourth-order valence-electron chi connectivity index (χ4n) is 2.23. The number of thiophene rings is 1. The molecular weight excluding hydrogens is 338 g/mol. The van der Waals surface area contributed by atoms with E-state index in [0.29, 0.717) is 21.6 Å². The molecule has 0 N–H and O–H groups in total. The van der Waals surface area contributed by atoms with Crippen molar-refractivity contribution in [1.82, 2.24) is 4.31 Å². The van der Waals surface area contributed by atoms with Gasteiger partial charge in [0.2, 0.25) is 0 Å². The van der Waals surface area contributed by atoms with Crippen molar-refractivity contribution in [2.45, 2.75) is 36.4 Å². The van der Waals surface area contributed by atoms with Crippen LogP contribution in [0.25, 0.3) is 0 Å². The van der Waals surface area contributed by atoms with Crippen LogP contribution in [-0.4, -0.2) is 31.1 Å². The summed E-state index contributed by atoms with van der Waals surface area (Å²) in [6, 6.07) is 1.55. The van der Waals surface area contributed by atoms with Gasteiger partial charge < -0.3 is 0 Å². The Morgan fingerprint density at radius 1 is 1.61 bits per heavy atom. The first-order valence-corrected chi connectivity index (χ1v) is 8.78. The molecule has 0 bridgehead atoms. The lowest BCUT2D eigenvalue weighted by molar-refractivity contribution is -0.117. The molecule has 0 aromatic carbocycles. The van der Waals surface area contributed by atoms with Gasteiger partial charge in [-0.3, -0.25) is 4.79 Å².